The second-order valence-corrected chi connectivity index (χ2v) is 2.99. The third-order valence-electron chi connectivity index (χ3n) is 1.67. The van der Waals surface area contributed by atoms with Gasteiger partial charge in [-0.05, 0) is 39.0 Å². The van der Waals surface area contributed by atoms with Gasteiger partial charge in [-0.3, -0.25) is 0 Å². The van der Waals surface area contributed by atoms with Crippen molar-refractivity contribution < 1.29 is 0 Å². The summed E-state index contributed by atoms with van der Waals surface area (Å²) < 4.78 is 0. The Morgan fingerprint density at radius 3 is 1.57 bits per heavy atom. The molecule has 0 heterocycles. The molecule has 0 radical (unpaired) electrons. The summed E-state index contributed by atoms with van der Waals surface area (Å²) in [6.45, 7) is 4.87. The van der Waals surface area contributed by atoms with Crippen LogP contribution in [-0.4, -0.2) is 39.3 Å². The SMILES string of the molecule is NCCCNCC#CCNCCCN. The minimum Gasteiger partial charge on any atom is -0.330 e. The molecular weight excluding hydrogens is 176 g/mol. The molecule has 0 aromatic heterocycles. The highest BCUT2D eigenvalue weighted by Gasteiger charge is 1.82. The summed E-state index contributed by atoms with van der Waals surface area (Å²) in [6.07, 6.45) is 2.02. The Morgan fingerprint density at radius 2 is 1.21 bits per heavy atom. The molecule has 0 aromatic rings. The lowest BCUT2D eigenvalue weighted by molar-refractivity contribution is 0.700. The first kappa shape index (κ1) is 13.4. The molecule has 0 aromatic carbocycles. The molecule has 14 heavy (non-hydrogen) atoms. The molecule has 0 spiro atoms. The lowest BCUT2D eigenvalue weighted by atomic mass is 10.4. The highest BCUT2D eigenvalue weighted by atomic mass is 14.9. The first-order valence-corrected chi connectivity index (χ1v) is 5.19. The number of nitrogens with one attached hydrogen (secondary N) is 2. The maximum Gasteiger partial charge on any atom is 0.0577 e. The van der Waals surface area contributed by atoms with Crippen molar-refractivity contribution in [3.63, 3.8) is 0 Å². The third kappa shape index (κ3) is 11.4. The first-order chi connectivity index (χ1) is 6.91. The number of nitrogens with two attached hydrogens (primary N) is 2. The van der Waals surface area contributed by atoms with Crippen molar-refractivity contribution in [1.82, 2.24) is 10.6 Å². The lowest BCUT2D eigenvalue weighted by Crippen LogP contribution is -2.20. The predicted octanol–water partition coefficient (Wildman–Crippen LogP) is -1.13. The summed E-state index contributed by atoms with van der Waals surface area (Å²) in [5.41, 5.74) is 10.7. The van der Waals surface area contributed by atoms with Crippen LogP contribution in [0.3, 0.4) is 0 Å². The normalized spacial score (nSPS) is 9.57. The van der Waals surface area contributed by atoms with E-state index in [4.69, 9.17) is 11.5 Å². The standard InChI is InChI=1S/C10H22N4/c11-5-3-9-13-7-1-2-8-14-10-4-6-12/h13-14H,3-12H2. The molecule has 0 amide bonds. The number of hydrogen-bond acceptors (Lipinski definition) is 4. The van der Waals surface area contributed by atoms with Crippen LogP contribution in [0.2, 0.25) is 0 Å². The van der Waals surface area contributed by atoms with E-state index in [1.807, 2.05) is 0 Å². The van der Waals surface area contributed by atoms with Gasteiger partial charge in [-0.15, -0.1) is 0 Å². The van der Waals surface area contributed by atoms with Crippen molar-refractivity contribution in [2.75, 3.05) is 39.3 Å². The maximum absolute atomic E-state index is 5.34. The summed E-state index contributed by atoms with van der Waals surface area (Å²) in [6, 6.07) is 0. The fourth-order valence-electron chi connectivity index (χ4n) is 0.881. The monoisotopic (exact) mass is 198 g/mol. The lowest BCUT2D eigenvalue weighted by Gasteiger charge is -1.97. The van der Waals surface area contributed by atoms with Gasteiger partial charge in [0.1, 0.15) is 0 Å². The van der Waals surface area contributed by atoms with Gasteiger partial charge < -0.3 is 22.1 Å². The van der Waals surface area contributed by atoms with Gasteiger partial charge in [0.05, 0.1) is 13.1 Å². The van der Waals surface area contributed by atoms with Gasteiger partial charge in [-0.25, -0.2) is 0 Å². The molecule has 0 aliphatic heterocycles. The van der Waals surface area contributed by atoms with E-state index in [0.29, 0.717) is 0 Å². The second-order valence-electron chi connectivity index (χ2n) is 2.99. The van der Waals surface area contributed by atoms with Crippen molar-refractivity contribution in [1.29, 1.82) is 0 Å². The minimum absolute atomic E-state index is 0.737. The van der Waals surface area contributed by atoms with Crippen LogP contribution in [0.1, 0.15) is 12.8 Å². The molecule has 0 aliphatic rings. The van der Waals surface area contributed by atoms with Crippen LogP contribution in [0.15, 0.2) is 0 Å². The van der Waals surface area contributed by atoms with Crippen molar-refractivity contribution >= 4 is 0 Å². The van der Waals surface area contributed by atoms with Crippen LogP contribution >= 0.6 is 0 Å². The van der Waals surface area contributed by atoms with Crippen molar-refractivity contribution in [3.05, 3.63) is 0 Å². The van der Waals surface area contributed by atoms with Gasteiger partial charge in [0.25, 0.3) is 0 Å². The van der Waals surface area contributed by atoms with Crippen molar-refractivity contribution in [3.8, 4) is 11.8 Å². The highest BCUT2D eigenvalue weighted by Crippen LogP contribution is 1.69. The zero-order chi connectivity index (χ0) is 10.5. The maximum atomic E-state index is 5.34. The predicted molar refractivity (Wildman–Crippen MR) is 60.9 cm³/mol. The zero-order valence-corrected chi connectivity index (χ0v) is 8.81. The Kier molecular flexibility index (Phi) is 11.9. The molecule has 0 fully saturated rings. The van der Waals surface area contributed by atoms with Gasteiger partial charge in [0.15, 0.2) is 0 Å². The third-order valence-corrected chi connectivity index (χ3v) is 1.67. The molecule has 0 bridgehead atoms. The average Bonchev–Trinajstić information content (AvgIpc) is 2.21. The van der Waals surface area contributed by atoms with Gasteiger partial charge >= 0.3 is 0 Å². The Hall–Kier alpha value is -0.600. The van der Waals surface area contributed by atoms with Gasteiger partial charge in [-0.2, -0.15) is 0 Å². The topological polar surface area (TPSA) is 76.1 Å². The largest absolute Gasteiger partial charge is 0.330 e. The van der Waals surface area contributed by atoms with Crippen LogP contribution in [0.4, 0.5) is 0 Å². The van der Waals surface area contributed by atoms with Crippen LogP contribution in [0.25, 0.3) is 0 Å². The first-order valence-electron chi connectivity index (χ1n) is 5.19. The molecule has 0 aliphatic carbocycles. The smallest absolute Gasteiger partial charge is 0.0577 e. The fourth-order valence-corrected chi connectivity index (χ4v) is 0.881. The zero-order valence-electron chi connectivity index (χ0n) is 8.81. The Labute approximate surface area is 86.8 Å². The van der Waals surface area contributed by atoms with Gasteiger partial charge in [-0.1, -0.05) is 11.8 Å². The van der Waals surface area contributed by atoms with Crippen LogP contribution < -0.4 is 22.1 Å². The Morgan fingerprint density at radius 1 is 0.786 bits per heavy atom. The van der Waals surface area contributed by atoms with E-state index < -0.39 is 0 Å². The molecule has 0 atom stereocenters. The molecule has 0 unspecified atom stereocenters. The number of hydrogen-bond donors (Lipinski definition) is 4. The van der Waals surface area contributed by atoms with E-state index in [9.17, 15) is 0 Å². The quantitative estimate of drug-likeness (QED) is 0.294. The molecule has 4 nitrogen and oxygen atoms in total. The summed E-state index contributed by atoms with van der Waals surface area (Å²) in [5, 5.41) is 6.37. The molecule has 82 valence electrons. The van der Waals surface area contributed by atoms with Gasteiger partial charge in [0, 0.05) is 0 Å². The number of rotatable bonds is 8. The molecule has 6 N–H and O–H groups in total. The minimum atomic E-state index is 0.737. The van der Waals surface area contributed by atoms with E-state index in [0.717, 1.165) is 52.1 Å². The van der Waals surface area contributed by atoms with E-state index in [1.54, 1.807) is 0 Å². The van der Waals surface area contributed by atoms with Crippen molar-refractivity contribution in [2.24, 2.45) is 11.5 Å². The van der Waals surface area contributed by atoms with Crippen LogP contribution in [-0.2, 0) is 0 Å². The second kappa shape index (κ2) is 12.4. The molecule has 4 heteroatoms. The molecule has 0 saturated heterocycles. The summed E-state index contributed by atoms with van der Waals surface area (Å²) >= 11 is 0. The van der Waals surface area contributed by atoms with E-state index in [1.165, 1.54) is 0 Å². The van der Waals surface area contributed by atoms with Gasteiger partial charge in [0.2, 0.25) is 0 Å². The average molecular weight is 198 g/mol. The van der Waals surface area contributed by atoms with Crippen molar-refractivity contribution in [2.45, 2.75) is 12.8 Å². The highest BCUT2D eigenvalue weighted by molar-refractivity contribution is 5.02. The molecular formula is C10H22N4. The van der Waals surface area contributed by atoms with Crippen LogP contribution in [0.5, 0.6) is 0 Å². The van der Waals surface area contributed by atoms with E-state index in [2.05, 4.69) is 22.5 Å². The summed E-state index contributed by atoms with van der Waals surface area (Å²) in [7, 11) is 0. The summed E-state index contributed by atoms with van der Waals surface area (Å²) in [4.78, 5) is 0. The fraction of sp³-hybridized carbons (Fsp3) is 0.800. The molecule has 0 saturated carbocycles. The Balaban J connectivity index is 3.03. The molecule has 0 rings (SSSR count). The Bertz CT molecular complexity index is 143. The van der Waals surface area contributed by atoms with E-state index >= 15 is 0 Å². The summed E-state index contributed by atoms with van der Waals surface area (Å²) in [5.74, 6) is 6.05. The van der Waals surface area contributed by atoms with E-state index in [-0.39, 0.29) is 0 Å². The van der Waals surface area contributed by atoms with Crippen LogP contribution in [0, 0.1) is 11.8 Å².